The van der Waals surface area contributed by atoms with Gasteiger partial charge in [0.2, 0.25) is 11.8 Å². The summed E-state index contributed by atoms with van der Waals surface area (Å²) in [7, 11) is 1.58. The highest BCUT2D eigenvalue weighted by Gasteiger charge is 2.35. The summed E-state index contributed by atoms with van der Waals surface area (Å²) in [6.07, 6.45) is 0.183. The first-order valence-corrected chi connectivity index (χ1v) is 8.38. The fourth-order valence-electron chi connectivity index (χ4n) is 2.89. The van der Waals surface area contributed by atoms with Crippen LogP contribution in [0.3, 0.4) is 0 Å². The van der Waals surface area contributed by atoms with Crippen LogP contribution in [0.4, 0.5) is 11.4 Å². The first-order chi connectivity index (χ1) is 12.0. The van der Waals surface area contributed by atoms with Crippen LogP contribution in [0, 0.1) is 12.8 Å². The van der Waals surface area contributed by atoms with Crippen LogP contribution in [0.15, 0.2) is 42.5 Å². The third-order valence-corrected chi connectivity index (χ3v) is 4.80. The quantitative estimate of drug-likeness (QED) is 0.907. The Balaban J connectivity index is 1.73. The topological polar surface area (TPSA) is 58.6 Å². The van der Waals surface area contributed by atoms with Crippen molar-refractivity contribution in [3.63, 3.8) is 0 Å². The van der Waals surface area contributed by atoms with Gasteiger partial charge < -0.3 is 15.0 Å². The molecule has 0 aliphatic carbocycles. The summed E-state index contributed by atoms with van der Waals surface area (Å²) in [5.41, 5.74) is 2.22. The second-order valence-electron chi connectivity index (χ2n) is 6.01. The number of nitrogens with zero attached hydrogens (tertiary/aromatic N) is 1. The maximum atomic E-state index is 12.6. The van der Waals surface area contributed by atoms with E-state index < -0.39 is 5.92 Å². The average molecular weight is 359 g/mol. The zero-order valence-electron chi connectivity index (χ0n) is 14.1. The number of ether oxygens (including phenoxy) is 1. The largest absolute Gasteiger partial charge is 0.497 e. The zero-order chi connectivity index (χ0) is 18.0. The number of rotatable bonds is 4. The number of carbonyl (C=O) groups excluding carboxylic acids is 2. The summed E-state index contributed by atoms with van der Waals surface area (Å²) in [5, 5.41) is 3.48. The predicted octanol–water partition coefficient (Wildman–Crippen LogP) is 3.65. The Labute approximate surface area is 151 Å². The molecule has 1 N–H and O–H groups in total. The van der Waals surface area contributed by atoms with Crippen molar-refractivity contribution >= 4 is 34.8 Å². The third kappa shape index (κ3) is 3.61. The van der Waals surface area contributed by atoms with Gasteiger partial charge in [-0.05, 0) is 36.8 Å². The molecular formula is C19H19ClN2O3. The summed E-state index contributed by atoms with van der Waals surface area (Å²) < 4.78 is 5.20. The second-order valence-corrected chi connectivity index (χ2v) is 6.42. The Morgan fingerprint density at radius 2 is 2.04 bits per heavy atom. The molecule has 1 atom stereocenters. The number of methoxy groups -OCH3 is 1. The molecule has 1 heterocycles. The molecule has 0 radical (unpaired) electrons. The van der Waals surface area contributed by atoms with Crippen molar-refractivity contribution in [3.05, 3.63) is 53.1 Å². The Kier molecular flexibility index (Phi) is 4.95. The van der Waals surface area contributed by atoms with E-state index in [2.05, 4.69) is 5.32 Å². The van der Waals surface area contributed by atoms with Gasteiger partial charge in [-0.2, -0.15) is 0 Å². The minimum Gasteiger partial charge on any atom is -0.497 e. The highest BCUT2D eigenvalue weighted by Crippen LogP contribution is 2.29. The molecule has 2 amide bonds. The van der Waals surface area contributed by atoms with Crippen LogP contribution in [0.2, 0.25) is 5.02 Å². The van der Waals surface area contributed by atoms with E-state index in [1.807, 2.05) is 25.1 Å². The molecule has 25 heavy (non-hydrogen) atoms. The van der Waals surface area contributed by atoms with E-state index in [1.54, 1.807) is 36.3 Å². The predicted molar refractivity (Wildman–Crippen MR) is 98.3 cm³/mol. The molecule has 1 unspecified atom stereocenters. The van der Waals surface area contributed by atoms with Crippen LogP contribution in [0.25, 0.3) is 0 Å². The van der Waals surface area contributed by atoms with Crippen LogP contribution in [0.5, 0.6) is 5.75 Å². The Morgan fingerprint density at radius 1 is 1.28 bits per heavy atom. The molecule has 0 saturated carbocycles. The van der Waals surface area contributed by atoms with Gasteiger partial charge in [0.05, 0.1) is 13.0 Å². The first kappa shape index (κ1) is 17.3. The Morgan fingerprint density at radius 3 is 2.80 bits per heavy atom. The lowest BCUT2D eigenvalue weighted by atomic mass is 10.1. The summed E-state index contributed by atoms with van der Waals surface area (Å²) >= 11 is 6.09. The lowest BCUT2D eigenvalue weighted by molar-refractivity contribution is -0.122. The van der Waals surface area contributed by atoms with Crippen molar-refractivity contribution in [2.24, 2.45) is 5.92 Å². The van der Waals surface area contributed by atoms with E-state index >= 15 is 0 Å². The SMILES string of the molecule is COc1cccc(N2CC(C(=O)Nc3cccc(Cl)c3C)CC2=O)c1. The monoisotopic (exact) mass is 358 g/mol. The Bertz CT molecular complexity index is 822. The van der Waals surface area contributed by atoms with Crippen LogP contribution in [0.1, 0.15) is 12.0 Å². The number of nitrogens with one attached hydrogen (secondary N) is 1. The van der Waals surface area contributed by atoms with Gasteiger partial charge in [0.15, 0.2) is 0 Å². The number of carbonyl (C=O) groups is 2. The smallest absolute Gasteiger partial charge is 0.229 e. The summed E-state index contributed by atoms with van der Waals surface area (Å²) in [4.78, 5) is 26.5. The van der Waals surface area contributed by atoms with E-state index in [4.69, 9.17) is 16.3 Å². The number of hydrogen-bond donors (Lipinski definition) is 1. The van der Waals surface area contributed by atoms with E-state index in [0.29, 0.717) is 23.0 Å². The maximum Gasteiger partial charge on any atom is 0.229 e. The van der Waals surface area contributed by atoms with E-state index in [1.165, 1.54) is 0 Å². The van der Waals surface area contributed by atoms with Crippen molar-refractivity contribution in [2.45, 2.75) is 13.3 Å². The fraction of sp³-hybridized carbons (Fsp3) is 0.263. The third-order valence-electron chi connectivity index (χ3n) is 4.39. The number of halogens is 1. The minimum absolute atomic E-state index is 0.0729. The lowest BCUT2D eigenvalue weighted by Crippen LogP contribution is -2.28. The summed E-state index contributed by atoms with van der Waals surface area (Å²) in [6, 6.07) is 12.6. The number of benzene rings is 2. The zero-order valence-corrected chi connectivity index (χ0v) is 14.8. The van der Waals surface area contributed by atoms with Crippen molar-refractivity contribution in [1.29, 1.82) is 0 Å². The molecule has 1 saturated heterocycles. The molecule has 5 nitrogen and oxygen atoms in total. The molecule has 130 valence electrons. The standard InChI is InChI=1S/C19H19ClN2O3/c1-12-16(20)7-4-8-17(12)21-19(24)13-9-18(23)22(11-13)14-5-3-6-15(10-14)25-2/h3-8,10,13H,9,11H2,1-2H3,(H,21,24). The van der Waals surface area contributed by atoms with Gasteiger partial charge in [0.25, 0.3) is 0 Å². The van der Waals surface area contributed by atoms with Crippen LogP contribution < -0.4 is 15.0 Å². The van der Waals surface area contributed by atoms with Crippen molar-refractivity contribution in [1.82, 2.24) is 0 Å². The number of hydrogen-bond acceptors (Lipinski definition) is 3. The van der Waals surface area contributed by atoms with Gasteiger partial charge in [0, 0.05) is 35.4 Å². The van der Waals surface area contributed by atoms with Gasteiger partial charge in [-0.1, -0.05) is 23.7 Å². The van der Waals surface area contributed by atoms with Crippen molar-refractivity contribution < 1.29 is 14.3 Å². The van der Waals surface area contributed by atoms with Crippen LogP contribution in [-0.4, -0.2) is 25.5 Å². The molecule has 0 spiro atoms. The molecular weight excluding hydrogens is 340 g/mol. The average Bonchev–Trinajstić information content (AvgIpc) is 3.01. The molecule has 2 aromatic carbocycles. The summed E-state index contributed by atoms with van der Waals surface area (Å²) in [5.74, 6) is 0.0187. The van der Waals surface area contributed by atoms with Crippen LogP contribution in [-0.2, 0) is 9.59 Å². The molecule has 1 aliphatic heterocycles. The normalized spacial score (nSPS) is 16.8. The van der Waals surface area contributed by atoms with Gasteiger partial charge in [-0.15, -0.1) is 0 Å². The summed E-state index contributed by atoms with van der Waals surface area (Å²) in [6.45, 7) is 2.19. The molecule has 0 bridgehead atoms. The van der Waals surface area contributed by atoms with E-state index in [9.17, 15) is 9.59 Å². The molecule has 0 aromatic heterocycles. The highest BCUT2D eigenvalue weighted by atomic mass is 35.5. The van der Waals surface area contributed by atoms with Gasteiger partial charge in [0.1, 0.15) is 5.75 Å². The molecule has 3 rings (SSSR count). The highest BCUT2D eigenvalue weighted by molar-refractivity contribution is 6.31. The molecule has 1 fully saturated rings. The molecule has 6 heteroatoms. The van der Waals surface area contributed by atoms with Gasteiger partial charge in [-0.3, -0.25) is 9.59 Å². The Hall–Kier alpha value is -2.53. The fourth-order valence-corrected chi connectivity index (χ4v) is 3.06. The molecule has 1 aliphatic rings. The van der Waals surface area contributed by atoms with E-state index in [0.717, 1.165) is 11.3 Å². The van der Waals surface area contributed by atoms with Crippen LogP contribution >= 0.6 is 11.6 Å². The first-order valence-electron chi connectivity index (χ1n) is 8.00. The number of amides is 2. The minimum atomic E-state index is -0.405. The second kappa shape index (κ2) is 7.15. The van der Waals surface area contributed by atoms with Crippen molar-refractivity contribution in [3.8, 4) is 5.75 Å². The van der Waals surface area contributed by atoms with Gasteiger partial charge in [-0.25, -0.2) is 0 Å². The van der Waals surface area contributed by atoms with Gasteiger partial charge >= 0.3 is 0 Å². The van der Waals surface area contributed by atoms with E-state index in [-0.39, 0.29) is 18.2 Å². The maximum absolute atomic E-state index is 12.6. The van der Waals surface area contributed by atoms with Crippen molar-refractivity contribution in [2.75, 3.05) is 23.9 Å². The number of anilines is 2. The lowest BCUT2D eigenvalue weighted by Gasteiger charge is -2.17. The molecule has 2 aromatic rings.